The van der Waals surface area contributed by atoms with Gasteiger partial charge in [-0.15, -0.1) is 11.3 Å². The second-order valence-electron chi connectivity index (χ2n) is 4.51. The van der Waals surface area contributed by atoms with E-state index >= 15 is 0 Å². The topological polar surface area (TPSA) is 46.2 Å². The summed E-state index contributed by atoms with van der Waals surface area (Å²) in [5.74, 6) is 0. The third-order valence-corrected chi connectivity index (χ3v) is 5.64. The highest BCUT2D eigenvalue weighted by atomic mass is 32.2. The quantitative estimate of drug-likeness (QED) is 0.734. The van der Waals surface area contributed by atoms with Gasteiger partial charge in [0.15, 0.2) is 0 Å². The van der Waals surface area contributed by atoms with Gasteiger partial charge in [-0.1, -0.05) is 62.9 Å². The predicted molar refractivity (Wildman–Crippen MR) is 85.9 cm³/mol. The van der Waals surface area contributed by atoms with Crippen LogP contribution >= 0.6 is 11.3 Å². The number of sulfonamides is 1. The van der Waals surface area contributed by atoms with Gasteiger partial charge in [-0.25, -0.2) is 13.1 Å². The summed E-state index contributed by atoms with van der Waals surface area (Å²) in [5.41, 5.74) is 0. The lowest BCUT2D eigenvalue weighted by Crippen LogP contribution is -2.24. The van der Waals surface area contributed by atoms with Crippen LogP contribution in [0.15, 0.2) is 46.0 Å². The first-order valence-corrected chi connectivity index (χ1v) is 9.39. The fourth-order valence-electron chi connectivity index (χ4n) is 1.68. The fourth-order valence-corrected chi connectivity index (χ4v) is 3.80. The molecule has 0 saturated carbocycles. The Kier molecular flexibility index (Phi) is 8.49. The first-order valence-electron chi connectivity index (χ1n) is 7.03. The summed E-state index contributed by atoms with van der Waals surface area (Å²) in [7, 11) is -3.39. The fraction of sp³-hybridized carbons (Fsp3) is 0.467. The normalized spacial score (nSPS) is 11.1. The zero-order valence-electron chi connectivity index (χ0n) is 11.9. The number of unbranched alkanes of at least 4 members (excludes halogenated alkanes) is 4. The molecular weight excluding hydrogens is 290 g/mol. The summed E-state index contributed by atoms with van der Waals surface area (Å²) in [6.45, 7) is 2.68. The highest BCUT2D eigenvalue weighted by molar-refractivity contribution is 7.91. The molecule has 0 atom stereocenters. The van der Waals surface area contributed by atoms with Gasteiger partial charge in [0.2, 0.25) is 10.0 Å². The van der Waals surface area contributed by atoms with Crippen molar-refractivity contribution in [3.05, 3.63) is 41.8 Å². The first-order chi connectivity index (χ1) is 9.67. The van der Waals surface area contributed by atoms with Gasteiger partial charge in [-0.2, -0.15) is 0 Å². The molecule has 0 radical (unpaired) electrons. The van der Waals surface area contributed by atoms with E-state index < -0.39 is 10.0 Å². The van der Waals surface area contributed by atoms with Crippen LogP contribution in [0.1, 0.15) is 39.0 Å². The lowest BCUT2D eigenvalue weighted by Gasteiger charge is -2.05. The number of hydrogen-bond donors (Lipinski definition) is 1. The highest BCUT2D eigenvalue weighted by Crippen LogP contribution is 2.12. The van der Waals surface area contributed by atoms with Gasteiger partial charge in [0.05, 0.1) is 0 Å². The summed E-state index contributed by atoms with van der Waals surface area (Å²) in [6, 6.07) is 10.7. The van der Waals surface area contributed by atoms with Gasteiger partial charge >= 0.3 is 0 Å². The van der Waals surface area contributed by atoms with Gasteiger partial charge in [0.1, 0.15) is 4.21 Å². The van der Waals surface area contributed by atoms with Gasteiger partial charge in [0.25, 0.3) is 0 Å². The highest BCUT2D eigenvalue weighted by Gasteiger charge is 2.12. The van der Waals surface area contributed by atoms with Crippen molar-refractivity contribution in [1.82, 2.24) is 4.72 Å². The molecule has 1 N–H and O–H groups in total. The summed E-state index contributed by atoms with van der Waals surface area (Å²) in [4.78, 5) is 0. The summed E-state index contributed by atoms with van der Waals surface area (Å²) < 4.78 is 27.3. The largest absolute Gasteiger partial charge is 0.250 e. The molecule has 3 nitrogen and oxygen atoms in total. The van der Waals surface area contributed by atoms with Crippen molar-refractivity contribution in [2.24, 2.45) is 0 Å². The standard InChI is InChI=1S/C15H23NO2S2/c1-2-3-4-7-10-13-16-20(17,18)15-12-9-6-5-8-11-14-19-15/h5-6,8-9,11-12,14,16H,2-4,7,10,13H2,1H3. The number of nitrogens with one attached hydrogen (secondary N) is 1. The Hall–Kier alpha value is -0.910. The Morgan fingerprint density at radius 2 is 1.70 bits per heavy atom. The second kappa shape index (κ2) is 9.91. The third-order valence-electron chi connectivity index (χ3n) is 2.78. The SMILES string of the molecule is CCCCCCCNS(=O)(=O)c1cccccccs1. The van der Waals surface area contributed by atoms with Crippen LogP contribution in [0.3, 0.4) is 0 Å². The molecule has 0 bridgehead atoms. The predicted octanol–water partition coefficient (Wildman–Crippen LogP) is 4.12. The van der Waals surface area contributed by atoms with E-state index in [-0.39, 0.29) is 0 Å². The number of hydrogen-bond acceptors (Lipinski definition) is 3. The van der Waals surface area contributed by atoms with Gasteiger partial charge in [-0.3, -0.25) is 0 Å². The molecular formula is C15H23NO2S2. The van der Waals surface area contributed by atoms with Crippen molar-refractivity contribution in [2.75, 3.05) is 6.54 Å². The smallest absolute Gasteiger partial charge is 0.210 e. The maximum Gasteiger partial charge on any atom is 0.250 e. The lowest BCUT2D eigenvalue weighted by molar-refractivity contribution is 0.572. The molecule has 1 aromatic rings. The van der Waals surface area contributed by atoms with Crippen LogP contribution in [-0.4, -0.2) is 15.0 Å². The molecule has 0 saturated heterocycles. The van der Waals surface area contributed by atoms with Crippen LogP contribution in [0.4, 0.5) is 0 Å². The molecule has 0 spiro atoms. The summed E-state index contributed by atoms with van der Waals surface area (Å²) >= 11 is 1.22. The van der Waals surface area contributed by atoms with E-state index in [0.717, 1.165) is 12.8 Å². The molecule has 0 aliphatic rings. The summed E-state index contributed by atoms with van der Waals surface area (Å²) in [5, 5.41) is 1.77. The Bertz CT molecular complexity index is 498. The second-order valence-corrected chi connectivity index (χ2v) is 7.46. The van der Waals surface area contributed by atoms with Crippen molar-refractivity contribution in [3.63, 3.8) is 0 Å². The van der Waals surface area contributed by atoms with Crippen LogP contribution in [0.25, 0.3) is 0 Å². The van der Waals surface area contributed by atoms with E-state index in [4.69, 9.17) is 0 Å². The lowest BCUT2D eigenvalue weighted by atomic mass is 10.2. The van der Waals surface area contributed by atoms with E-state index in [1.807, 2.05) is 24.3 Å². The Morgan fingerprint density at radius 1 is 1.00 bits per heavy atom. The maximum absolute atomic E-state index is 12.2. The molecule has 0 unspecified atom stereocenters. The van der Waals surface area contributed by atoms with E-state index in [9.17, 15) is 8.42 Å². The first kappa shape index (κ1) is 17.1. The third kappa shape index (κ3) is 7.03. The number of rotatable bonds is 8. The van der Waals surface area contributed by atoms with E-state index in [1.165, 1.54) is 30.6 Å². The zero-order chi connectivity index (χ0) is 14.7. The monoisotopic (exact) mass is 313 g/mol. The van der Waals surface area contributed by atoms with E-state index in [0.29, 0.717) is 10.8 Å². The molecule has 1 heterocycles. The average Bonchev–Trinajstić information content (AvgIpc) is 2.56. The molecule has 1 rings (SSSR count). The van der Waals surface area contributed by atoms with Crippen molar-refractivity contribution in [3.8, 4) is 0 Å². The van der Waals surface area contributed by atoms with Gasteiger partial charge < -0.3 is 0 Å². The molecule has 0 aliphatic heterocycles. The molecule has 0 aliphatic carbocycles. The van der Waals surface area contributed by atoms with E-state index in [1.54, 1.807) is 17.5 Å². The molecule has 5 heteroatoms. The Balaban J connectivity index is 2.59. The molecule has 20 heavy (non-hydrogen) atoms. The van der Waals surface area contributed by atoms with Gasteiger partial charge in [0, 0.05) is 6.54 Å². The minimum Gasteiger partial charge on any atom is -0.210 e. The molecule has 0 amide bonds. The van der Waals surface area contributed by atoms with Crippen molar-refractivity contribution >= 4 is 21.4 Å². The van der Waals surface area contributed by atoms with Gasteiger partial charge in [-0.05, 0) is 17.9 Å². The minimum absolute atomic E-state index is 0.335. The molecule has 1 aromatic heterocycles. The average molecular weight is 313 g/mol. The van der Waals surface area contributed by atoms with Crippen molar-refractivity contribution in [2.45, 2.75) is 43.2 Å². The van der Waals surface area contributed by atoms with Crippen molar-refractivity contribution in [1.29, 1.82) is 0 Å². The zero-order valence-corrected chi connectivity index (χ0v) is 13.6. The van der Waals surface area contributed by atoms with Crippen LogP contribution < -0.4 is 4.72 Å². The van der Waals surface area contributed by atoms with Crippen molar-refractivity contribution < 1.29 is 8.42 Å². The van der Waals surface area contributed by atoms with Crippen LogP contribution in [0.2, 0.25) is 0 Å². The maximum atomic E-state index is 12.2. The van der Waals surface area contributed by atoms with E-state index in [2.05, 4.69) is 11.6 Å². The van der Waals surface area contributed by atoms with Crippen LogP contribution in [0, 0.1) is 0 Å². The van der Waals surface area contributed by atoms with Crippen LogP contribution in [-0.2, 0) is 10.0 Å². The minimum atomic E-state index is -3.39. The molecule has 0 fully saturated rings. The summed E-state index contributed by atoms with van der Waals surface area (Å²) in [6.07, 6.45) is 5.56. The molecule has 0 aromatic carbocycles. The van der Waals surface area contributed by atoms with Crippen LogP contribution in [0.5, 0.6) is 0 Å². The Labute approximate surface area is 126 Å². The molecule has 112 valence electrons. The Morgan fingerprint density at radius 3 is 2.50 bits per heavy atom.